The summed E-state index contributed by atoms with van der Waals surface area (Å²) < 4.78 is 32.4. The number of hydrogen-bond acceptors (Lipinski definition) is 4. The Labute approximate surface area is 160 Å². The first kappa shape index (κ1) is 19.2. The lowest BCUT2D eigenvalue weighted by molar-refractivity contribution is -0.138. The molecule has 0 bridgehead atoms. The summed E-state index contributed by atoms with van der Waals surface area (Å²) in [6, 6.07) is 14.0. The molecule has 0 N–H and O–H groups in total. The predicted molar refractivity (Wildman–Crippen MR) is 106 cm³/mol. The van der Waals surface area contributed by atoms with Crippen molar-refractivity contribution in [2.24, 2.45) is 5.92 Å². The van der Waals surface area contributed by atoms with Crippen molar-refractivity contribution in [1.29, 1.82) is 0 Å². The van der Waals surface area contributed by atoms with Gasteiger partial charge >= 0.3 is 5.97 Å². The fourth-order valence-electron chi connectivity index (χ4n) is 2.90. The quantitative estimate of drug-likeness (QED) is 0.562. The number of carbonyl (C=O) groups excluding carboxylic acids is 1. The normalized spacial score (nSPS) is 14.0. The Hall–Kier alpha value is -2.60. The number of hydrogen-bond donors (Lipinski definition) is 0. The van der Waals surface area contributed by atoms with Crippen LogP contribution in [0.3, 0.4) is 0 Å². The van der Waals surface area contributed by atoms with Crippen molar-refractivity contribution in [3.63, 3.8) is 0 Å². The van der Waals surface area contributed by atoms with Crippen molar-refractivity contribution in [2.75, 3.05) is 17.5 Å². The van der Waals surface area contributed by atoms with Gasteiger partial charge in [0.25, 0.3) is 10.0 Å². The Morgan fingerprint density at radius 2 is 1.85 bits per heavy atom. The van der Waals surface area contributed by atoms with Gasteiger partial charge in [-0.25, -0.2) is 13.2 Å². The van der Waals surface area contributed by atoms with E-state index in [1.165, 1.54) is 10.4 Å². The van der Waals surface area contributed by atoms with Gasteiger partial charge in [0.2, 0.25) is 0 Å². The third-order valence-electron chi connectivity index (χ3n) is 4.28. The van der Waals surface area contributed by atoms with Crippen LogP contribution in [0, 0.1) is 5.92 Å². The van der Waals surface area contributed by atoms with E-state index in [0.29, 0.717) is 19.6 Å². The minimum absolute atomic E-state index is 0.235. The first-order valence-electron chi connectivity index (χ1n) is 8.93. The average molecular weight is 385 g/mol. The summed E-state index contributed by atoms with van der Waals surface area (Å²) in [6.45, 7) is 4.76. The van der Waals surface area contributed by atoms with E-state index in [9.17, 15) is 13.2 Å². The Morgan fingerprint density at radius 3 is 2.56 bits per heavy atom. The zero-order chi connectivity index (χ0) is 19.4. The second-order valence-electron chi connectivity index (χ2n) is 6.88. The van der Waals surface area contributed by atoms with Gasteiger partial charge in [-0.2, -0.15) is 0 Å². The average Bonchev–Trinajstić information content (AvgIpc) is 3.10. The van der Waals surface area contributed by atoms with Gasteiger partial charge in [-0.05, 0) is 47.7 Å². The largest absolute Gasteiger partial charge is 0.462 e. The van der Waals surface area contributed by atoms with Crippen LogP contribution < -0.4 is 4.31 Å². The Bertz CT molecular complexity index is 946. The number of sulfonamides is 1. The molecule has 5 nitrogen and oxygen atoms in total. The summed E-state index contributed by atoms with van der Waals surface area (Å²) in [5, 5.41) is 0. The summed E-state index contributed by atoms with van der Waals surface area (Å²) in [4.78, 5) is 11.9. The van der Waals surface area contributed by atoms with E-state index in [0.717, 1.165) is 16.8 Å². The van der Waals surface area contributed by atoms with Crippen LogP contribution in [0.15, 0.2) is 59.5 Å². The highest BCUT2D eigenvalue weighted by Gasteiger charge is 2.30. The highest BCUT2D eigenvalue weighted by molar-refractivity contribution is 7.92. The van der Waals surface area contributed by atoms with Gasteiger partial charge in [0.05, 0.1) is 17.2 Å². The lowest BCUT2D eigenvalue weighted by atomic mass is 10.2. The molecule has 0 aromatic heterocycles. The number of fused-ring (bicyclic) bond motifs is 1. The molecule has 27 heavy (non-hydrogen) atoms. The minimum atomic E-state index is -3.60. The number of nitrogens with zero attached hydrogens (tertiary/aromatic N) is 1. The molecule has 0 aliphatic carbocycles. The number of anilines is 1. The van der Waals surface area contributed by atoms with Gasteiger partial charge in [0.1, 0.15) is 0 Å². The molecule has 2 aromatic carbocycles. The van der Waals surface area contributed by atoms with Crippen molar-refractivity contribution in [3.05, 3.63) is 65.7 Å². The predicted octanol–water partition coefficient (Wildman–Crippen LogP) is 3.65. The third kappa shape index (κ3) is 4.39. The Kier molecular flexibility index (Phi) is 5.65. The monoisotopic (exact) mass is 385 g/mol. The first-order chi connectivity index (χ1) is 12.9. The SMILES string of the molecule is CC(C)COC(=O)/C=C/c1ccc(S(=O)(=O)N2CCc3ccccc32)cc1. The molecule has 1 heterocycles. The summed E-state index contributed by atoms with van der Waals surface area (Å²) in [7, 11) is -3.60. The van der Waals surface area contributed by atoms with E-state index in [2.05, 4.69) is 0 Å². The zero-order valence-electron chi connectivity index (χ0n) is 15.5. The molecule has 3 rings (SSSR count). The van der Waals surface area contributed by atoms with E-state index in [1.807, 2.05) is 38.1 Å². The van der Waals surface area contributed by atoms with Crippen LogP contribution in [0.1, 0.15) is 25.0 Å². The topological polar surface area (TPSA) is 63.7 Å². The minimum Gasteiger partial charge on any atom is -0.462 e. The third-order valence-corrected chi connectivity index (χ3v) is 6.11. The van der Waals surface area contributed by atoms with Crippen LogP contribution in [0.2, 0.25) is 0 Å². The van der Waals surface area contributed by atoms with Crippen molar-refractivity contribution < 1.29 is 17.9 Å². The van der Waals surface area contributed by atoms with Gasteiger partial charge in [-0.15, -0.1) is 0 Å². The molecule has 0 saturated carbocycles. The molecule has 0 spiro atoms. The van der Waals surface area contributed by atoms with Crippen molar-refractivity contribution >= 4 is 27.8 Å². The summed E-state index contributed by atoms with van der Waals surface area (Å²) in [5.74, 6) is -0.128. The van der Waals surface area contributed by atoms with Crippen molar-refractivity contribution in [2.45, 2.75) is 25.2 Å². The Morgan fingerprint density at radius 1 is 1.15 bits per heavy atom. The van der Waals surface area contributed by atoms with Gasteiger partial charge in [0, 0.05) is 12.6 Å². The van der Waals surface area contributed by atoms with E-state index >= 15 is 0 Å². The van der Waals surface area contributed by atoms with Crippen LogP contribution >= 0.6 is 0 Å². The van der Waals surface area contributed by atoms with Crippen molar-refractivity contribution in [3.8, 4) is 0 Å². The molecule has 0 fully saturated rings. The molecule has 0 unspecified atom stereocenters. The fraction of sp³-hybridized carbons (Fsp3) is 0.286. The van der Waals surface area contributed by atoms with E-state index < -0.39 is 16.0 Å². The van der Waals surface area contributed by atoms with Crippen LogP contribution in [-0.4, -0.2) is 27.5 Å². The van der Waals surface area contributed by atoms with Crippen LogP contribution in [-0.2, 0) is 26.0 Å². The molecule has 2 aromatic rings. The number of ether oxygens (including phenoxy) is 1. The maximum Gasteiger partial charge on any atom is 0.330 e. The highest BCUT2D eigenvalue weighted by atomic mass is 32.2. The number of carbonyl (C=O) groups is 1. The van der Waals surface area contributed by atoms with Crippen molar-refractivity contribution in [1.82, 2.24) is 0 Å². The number of rotatable bonds is 6. The number of para-hydroxylation sites is 1. The van der Waals surface area contributed by atoms with Crippen LogP contribution in [0.25, 0.3) is 6.08 Å². The molecule has 0 amide bonds. The highest BCUT2D eigenvalue weighted by Crippen LogP contribution is 2.32. The molecule has 1 aliphatic heterocycles. The van der Waals surface area contributed by atoms with E-state index in [1.54, 1.807) is 30.3 Å². The van der Waals surface area contributed by atoms with Crippen LogP contribution in [0.4, 0.5) is 5.69 Å². The van der Waals surface area contributed by atoms with Gasteiger partial charge in [-0.3, -0.25) is 4.31 Å². The van der Waals surface area contributed by atoms with Crippen LogP contribution in [0.5, 0.6) is 0 Å². The molecule has 0 saturated heterocycles. The first-order valence-corrected chi connectivity index (χ1v) is 10.4. The molecule has 0 atom stereocenters. The smallest absolute Gasteiger partial charge is 0.330 e. The summed E-state index contributed by atoms with van der Waals surface area (Å²) in [5.41, 5.74) is 2.52. The molecule has 142 valence electrons. The molecular formula is C21H23NO4S. The lowest BCUT2D eigenvalue weighted by Gasteiger charge is -2.19. The summed E-state index contributed by atoms with van der Waals surface area (Å²) in [6.07, 6.45) is 3.68. The van der Waals surface area contributed by atoms with Gasteiger partial charge < -0.3 is 4.74 Å². The maximum absolute atomic E-state index is 13.0. The lowest BCUT2D eigenvalue weighted by Crippen LogP contribution is -2.29. The zero-order valence-corrected chi connectivity index (χ0v) is 16.3. The molecule has 6 heteroatoms. The second-order valence-corrected chi connectivity index (χ2v) is 8.74. The molecular weight excluding hydrogens is 362 g/mol. The number of benzene rings is 2. The second kappa shape index (κ2) is 7.96. The summed E-state index contributed by atoms with van der Waals surface area (Å²) >= 11 is 0. The maximum atomic E-state index is 13.0. The molecule has 0 radical (unpaired) electrons. The van der Waals surface area contributed by atoms with E-state index in [-0.39, 0.29) is 10.8 Å². The standard InChI is InChI=1S/C21H23NO4S/c1-16(2)15-26-21(23)12-9-17-7-10-19(11-8-17)27(24,25)22-14-13-18-5-3-4-6-20(18)22/h3-12,16H,13-15H2,1-2H3/b12-9+. The van der Waals surface area contributed by atoms with Gasteiger partial charge in [0.15, 0.2) is 0 Å². The number of esters is 1. The molecule has 1 aliphatic rings. The van der Waals surface area contributed by atoms with E-state index in [4.69, 9.17) is 4.74 Å². The fourth-order valence-corrected chi connectivity index (χ4v) is 4.40. The van der Waals surface area contributed by atoms with Gasteiger partial charge in [-0.1, -0.05) is 44.2 Å². The Balaban J connectivity index is 1.73.